The molecule has 0 saturated carbocycles. The van der Waals surface area contributed by atoms with Crippen LogP contribution in [-0.2, 0) is 26.4 Å². The third kappa shape index (κ3) is 12.1. The smallest absolute Gasteiger partial charge is 0.550 e. The fourth-order valence-corrected chi connectivity index (χ4v) is 17.8. The number of carboxylic acids is 2. The number of carbonyl (C=O) groups is 2. The first-order valence-corrected chi connectivity index (χ1v) is 22.0. The summed E-state index contributed by atoms with van der Waals surface area (Å²) >= 11 is 0. The molecular formula is C44H62CoO4P2+2. The van der Waals surface area contributed by atoms with E-state index in [0.29, 0.717) is 5.56 Å². The molecule has 3 aromatic carbocycles. The molecule has 0 bridgehead atoms. The largest absolute Gasteiger partial charge is 2.00 e. The van der Waals surface area contributed by atoms with Crippen LogP contribution in [0.4, 0.5) is 0 Å². The van der Waals surface area contributed by atoms with Gasteiger partial charge in [0.15, 0.2) is 0 Å². The van der Waals surface area contributed by atoms with Crippen molar-refractivity contribution in [1.29, 1.82) is 0 Å². The first-order valence-electron chi connectivity index (χ1n) is 18.7. The molecule has 0 N–H and O–H groups in total. The third-order valence-electron chi connectivity index (χ3n) is 11.0. The minimum absolute atomic E-state index is 0. The Hall–Kier alpha value is -2.29. The number of benzene rings is 3. The van der Waals surface area contributed by atoms with Gasteiger partial charge in [-0.15, -0.1) is 0 Å². The molecule has 5 rings (SSSR count). The van der Waals surface area contributed by atoms with Gasteiger partial charge in [0.25, 0.3) is 0 Å². The summed E-state index contributed by atoms with van der Waals surface area (Å²) in [7, 11) is -1.01. The minimum atomic E-state index is -1.23. The van der Waals surface area contributed by atoms with Crippen molar-refractivity contribution < 1.29 is 36.6 Å². The molecule has 2 aliphatic rings. The van der Waals surface area contributed by atoms with Crippen molar-refractivity contribution in [3.05, 3.63) is 103 Å². The van der Waals surface area contributed by atoms with Crippen LogP contribution in [0.15, 0.2) is 91.5 Å². The maximum atomic E-state index is 10.4. The van der Waals surface area contributed by atoms with Crippen LogP contribution < -0.4 is 20.8 Å². The fourth-order valence-electron chi connectivity index (χ4n) is 8.08. The van der Waals surface area contributed by atoms with Crippen molar-refractivity contribution in [2.45, 2.75) is 117 Å². The van der Waals surface area contributed by atoms with Gasteiger partial charge in [0.05, 0.1) is 28.6 Å². The summed E-state index contributed by atoms with van der Waals surface area (Å²) in [5.41, 5.74) is 5.27. The van der Waals surface area contributed by atoms with Crippen LogP contribution in [-0.4, -0.2) is 34.6 Å². The number of carbonyl (C=O) groups excluding carboxylic acids is 2. The van der Waals surface area contributed by atoms with Crippen molar-refractivity contribution in [3.63, 3.8) is 0 Å². The number of aliphatic carboxylic acids is 2. The van der Waals surface area contributed by atoms with Crippen LogP contribution >= 0.6 is 15.8 Å². The van der Waals surface area contributed by atoms with E-state index >= 15 is 0 Å². The average molecular weight is 776 g/mol. The van der Waals surface area contributed by atoms with Gasteiger partial charge in [0.1, 0.15) is 10.6 Å². The van der Waals surface area contributed by atoms with Crippen LogP contribution in [0, 0.1) is 23.7 Å². The van der Waals surface area contributed by atoms with E-state index in [1.54, 1.807) is 43.3 Å². The third-order valence-corrected chi connectivity index (χ3v) is 20.3. The molecule has 0 aromatic heterocycles. The molecule has 1 radical (unpaired) electrons. The van der Waals surface area contributed by atoms with E-state index < -0.39 is 33.7 Å². The zero-order chi connectivity index (χ0) is 37.1. The van der Waals surface area contributed by atoms with Gasteiger partial charge < -0.3 is 19.8 Å². The van der Waals surface area contributed by atoms with Crippen molar-refractivity contribution in [2.24, 2.45) is 23.7 Å². The van der Waals surface area contributed by atoms with Crippen molar-refractivity contribution in [1.82, 2.24) is 0 Å². The van der Waals surface area contributed by atoms with E-state index in [9.17, 15) is 19.8 Å². The molecule has 2 fully saturated rings. The molecule has 0 amide bonds. The summed E-state index contributed by atoms with van der Waals surface area (Å²) in [6.45, 7) is 25.0. The van der Waals surface area contributed by atoms with Crippen LogP contribution in [0.5, 0.6) is 0 Å². The van der Waals surface area contributed by atoms with Crippen LogP contribution in [0.1, 0.15) is 105 Å². The predicted octanol–water partition coefficient (Wildman–Crippen LogP) is 8.04. The molecule has 7 heteroatoms. The molecule has 2 saturated heterocycles. The van der Waals surface area contributed by atoms with Crippen molar-refractivity contribution in [3.8, 4) is 0 Å². The predicted molar refractivity (Wildman–Crippen MR) is 216 cm³/mol. The molecule has 2 heterocycles. The fraction of sp³-hybridized carbons (Fsp3) is 0.500. The van der Waals surface area contributed by atoms with Gasteiger partial charge in [0.2, 0.25) is 0 Å². The van der Waals surface area contributed by atoms with Crippen LogP contribution in [0.2, 0.25) is 0 Å². The summed E-state index contributed by atoms with van der Waals surface area (Å²) in [5, 5.41) is 24.4. The molecular weight excluding hydrogens is 713 g/mol. The second-order valence-electron chi connectivity index (χ2n) is 15.6. The molecule has 279 valence electrons. The second-order valence-corrected chi connectivity index (χ2v) is 21.5. The van der Waals surface area contributed by atoms with Crippen molar-refractivity contribution >= 4 is 44.0 Å². The number of carboxylic acid groups (broad SMARTS) is 2. The molecule has 4 nitrogen and oxygen atoms in total. The Bertz CT molecular complexity index is 1420. The standard InChI is InChI=1S/C26H44P2.C9H10O2.C9H8O2.Co/c1-17(2)21-13-14-22(18(3)4)27(21)25-11-9-10-12-26(25)28-23(19(5)6)15-16-24(28)20(7)8;2*1-7(9(10)11)8-5-3-2-4-6-8;/h9-12,17-24H,13-16H2,1-8H3;2-7H,1H3,(H,10,11);2-6H,1H2,(H,10,11);/q;;;+2/t21-,22-,23-,24-;7-;;/m10../s1. The average Bonchev–Trinajstić information content (AvgIpc) is 3.75. The quantitative estimate of drug-likeness (QED) is 0.154. The van der Waals surface area contributed by atoms with Crippen LogP contribution in [0.25, 0.3) is 5.57 Å². The van der Waals surface area contributed by atoms with E-state index in [1.807, 2.05) is 34.9 Å². The van der Waals surface area contributed by atoms with Gasteiger partial charge in [-0.1, -0.05) is 142 Å². The Morgan fingerprint density at radius 2 is 0.882 bits per heavy atom. The van der Waals surface area contributed by atoms with E-state index in [0.717, 1.165) is 51.9 Å². The van der Waals surface area contributed by atoms with Gasteiger partial charge >= 0.3 is 16.8 Å². The van der Waals surface area contributed by atoms with Gasteiger partial charge in [-0.05, 0) is 78.2 Å². The van der Waals surface area contributed by atoms with E-state index in [2.05, 4.69) is 86.2 Å². The van der Waals surface area contributed by atoms with Crippen LogP contribution in [0.3, 0.4) is 0 Å². The van der Waals surface area contributed by atoms with Gasteiger partial charge in [-0.3, -0.25) is 0 Å². The molecule has 2 aliphatic heterocycles. The molecule has 3 aromatic rings. The summed E-state index contributed by atoms with van der Waals surface area (Å²) < 4.78 is 0. The van der Waals surface area contributed by atoms with Gasteiger partial charge in [-0.25, -0.2) is 0 Å². The monoisotopic (exact) mass is 775 g/mol. The normalized spacial score (nSPS) is 21.0. The summed E-state index contributed by atoms with van der Waals surface area (Å²) in [5.74, 6) is 0.590. The summed E-state index contributed by atoms with van der Waals surface area (Å²) in [4.78, 5) is 20.7. The molecule has 0 aliphatic carbocycles. The number of hydrogen-bond donors (Lipinski definition) is 0. The number of hydrogen-bond acceptors (Lipinski definition) is 4. The second kappa shape index (κ2) is 21.4. The molecule has 0 unspecified atom stereocenters. The van der Waals surface area contributed by atoms with Gasteiger partial charge in [-0.2, -0.15) is 0 Å². The number of rotatable bonds is 10. The topological polar surface area (TPSA) is 80.3 Å². The summed E-state index contributed by atoms with van der Waals surface area (Å²) in [6.07, 6.45) is 5.91. The van der Waals surface area contributed by atoms with E-state index in [1.165, 1.54) is 25.7 Å². The maximum Gasteiger partial charge on any atom is 2.00 e. The Morgan fingerprint density at radius 3 is 1.18 bits per heavy atom. The van der Waals surface area contributed by atoms with E-state index in [4.69, 9.17) is 0 Å². The Labute approximate surface area is 322 Å². The zero-order valence-corrected chi connectivity index (χ0v) is 35.3. The molecule has 0 spiro atoms. The van der Waals surface area contributed by atoms with Gasteiger partial charge in [0, 0.05) is 27.7 Å². The summed E-state index contributed by atoms with van der Waals surface area (Å²) in [6, 6.07) is 27.7. The Balaban J connectivity index is 0.000000321. The molecule has 51 heavy (non-hydrogen) atoms. The zero-order valence-electron chi connectivity index (χ0n) is 32.3. The van der Waals surface area contributed by atoms with Crippen molar-refractivity contribution in [2.75, 3.05) is 0 Å². The Kier molecular flexibility index (Phi) is 18.8. The molecule has 5 atom stereocenters. The minimum Gasteiger partial charge on any atom is -0.550 e. The SMILES string of the molecule is C=C(C(=O)[O-])c1ccccc1.CC(C)[C@H]1CC[C@H](C(C)C)[PH+]1c1ccccc1[PH+]1[C@@H](C(C)C)CC[C@@H]1C(C)C.C[C@H](C(=O)[O-])c1ccccc1.[Co+2]. The Morgan fingerprint density at radius 1 is 0.569 bits per heavy atom. The first-order chi connectivity index (χ1) is 23.7. The van der Waals surface area contributed by atoms with E-state index in [-0.39, 0.29) is 22.4 Å². The first kappa shape index (κ1) is 44.9. The maximum absolute atomic E-state index is 10.4.